The van der Waals surface area contributed by atoms with E-state index in [-0.39, 0.29) is 29.8 Å². The van der Waals surface area contributed by atoms with Crippen molar-refractivity contribution in [2.75, 3.05) is 49.5 Å². The maximum Gasteiger partial charge on any atom is 0.321 e. The molecule has 31 heavy (non-hydrogen) atoms. The topological polar surface area (TPSA) is 73.0 Å². The first-order valence-corrected chi connectivity index (χ1v) is 12.0. The number of piperazine rings is 1. The normalized spacial score (nSPS) is 18.1. The second-order valence-electron chi connectivity index (χ2n) is 7.84. The van der Waals surface area contributed by atoms with E-state index in [0.29, 0.717) is 24.5 Å². The standard InChI is InChI=1S/C22H27FN4O3S/c23-20-6-2-3-7-21(20)25-14-16-27(17-15-25)31(29,30)19-10-8-18(9-11-19)24-22(28)26-12-4-1-5-13-26/h2-3,6-11H,1,4-5,12-17H2,(H,24,28). The number of hydrogen-bond donors (Lipinski definition) is 1. The van der Waals surface area contributed by atoms with Crippen molar-refractivity contribution in [2.45, 2.75) is 24.2 Å². The van der Waals surface area contributed by atoms with Crippen molar-refractivity contribution in [3.05, 3.63) is 54.3 Å². The Bertz CT molecular complexity index is 1020. The van der Waals surface area contributed by atoms with Gasteiger partial charge in [0.05, 0.1) is 10.6 Å². The van der Waals surface area contributed by atoms with E-state index in [4.69, 9.17) is 0 Å². The molecule has 2 fully saturated rings. The predicted octanol–water partition coefficient (Wildman–Crippen LogP) is 3.35. The summed E-state index contributed by atoms with van der Waals surface area (Å²) >= 11 is 0. The Kier molecular flexibility index (Phi) is 6.43. The van der Waals surface area contributed by atoms with Crippen LogP contribution in [0.5, 0.6) is 0 Å². The molecule has 1 N–H and O–H groups in total. The van der Waals surface area contributed by atoms with Crippen LogP contribution in [0.25, 0.3) is 0 Å². The number of nitrogens with one attached hydrogen (secondary N) is 1. The maximum atomic E-state index is 14.0. The number of rotatable bonds is 4. The first-order chi connectivity index (χ1) is 14.9. The fraction of sp³-hybridized carbons (Fsp3) is 0.409. The van der Waals surface area contributed by atoms with Crippen molar-refractivity contribution in [1.29, 1.82) is 0 Å². The molecule has 0 atom stereocenters. The number of para-hydroxylation sites is 1. The Balaban J connectivity index is 1.37. The highest BCUT2D eigenvalue weighted by atomic mass is 32.2. The molecule has 2 amide bonds. The van der Waals surface area contributed by atoms with Gasteiger partial charge >= 0.3 is 6.03 Å². The molecule has 166 valence electrons. The molecule has 0 bridgehead atoms. The lowest BCUT2D eigenvalue weighted by atomic mass is 10.1. The number of nitrogens with zero attached hydrogens (tertiary/aromatic N) is 3. The van der Waals surface area contributed by atoms with E-state index in [1.165, 1.54) is 22.5 Å². The van der Waals surface area contributed by atoms with Crippen molar-refractivity contribution in [2.24, 2.45) is 0 Å². The number of anilines is 2. The Hall–Kier alpha value is -2.65. The molecule has 0 saturated carbocycles. The minimum atomic E-state index is -3.65. The minimum Gasteiger partial charge on any atom is -0.367 e. The van der Waals surface area contributed by atoms with Crippen molar-refractivity contribution < 1.29 is 17.6 Å². The minimum absolute atomic E-state index is 0.153. The molecule has 0 unspecified atom stereocenters. The van der Waals surface area contributed by atoms with Crippen LogP contribution in [0.3, 0.4) is 0 Å². The summed E-state index contributed by atoms with van der Waals surface area (Å²) in [6.45, 7) is 2.90. The zero-order chi connectivity index (χ0) is 21.8. The molecule has 0 spiro atoms. The van der Waals surface area contributed by atoms with Crippen molar-refractivity contribution in [3.63, 3.8) is 0 Å². The Morgan fingerprint density at radius 3 is 2.13 bits per heavy atom. The number of carbonyl (C=O) groups is 1. The van der Waals surface area contributed by atoms with Gasteiger partial charge in [0.15, 0.2) is 0 Å². The highest BCUT2D eigenvalue weighted by Crippen LogP contribution is 2.24. The Labute approximate surface area is 182 Å². The zero-order valence-corrected chi connectivity index (χ0v) is 18.2. The van der Waals surface area contributed by atoms with Gasteiger partial charge in [-0.25, -0.2) is 17.6 Å². The lowest BCUT2D eigenvalue weighted by Crippen LogP contribution is -2.48. The van der Waals surface area contributed by atoms with Gasteiger partial charge < -0.3 is 15.1 Å². The number of carbonyl (C=O) groups excluding carboxylic acids is 1. The van der Waals surface area contributed by atoms with Crippen LogP contribution in [0.4, 0.5) is 20.6 Å². The van der Waals surface area contributed by atoms with E-state index in [1.807, 2.05) is 4.90 Å². The average Bonchev–Trinajstić information content (AvgIpc) is 2.80. The number of urea groups is 1. The molecular formula is C22H27FN4O3S. The lowest BCUT2D eigenvalue weighted by molar-refractivity contribution is 0.200. The summed E-state index contributed by atoms with van der Waals surface area (Å²) in [6, 6.07) is 12.6. The zero-order valence-electron chi connectivity index (χ0n) is 17.3. The molecule has 2 aliphatic heterocycles. The first kappa shape index (κ1) is 21.6. The molecule has 4 rings (SSSR count). The monoisotopic (exact) mass is 446 g/mol. The summed E-state index contributed by atoms with van der Waals surface area (Å²) in [5.74, 6) is -0.305. The van der Waals surface area contributed by atoms with E-state index in [2.05, 4.69) is 5.32 Å². The number of halogens is 1. The number of benzene rings is 2. The van der Waals surface area contributed by atoms with Gasteiger partial charge in [-0.05, 0) is 55.7 Å². The molecule has 7 nitrogen and oxygen atoms in total. The van der Waals surface area contributed by atoms with Crippen molar-refractivity contribution >= 4 is 27.4 Å². The van der Waals surface area contributed by atoms with Crippen LogP contribution < -0.4 is 10.2 Å². The van der Waals surface area contributed by atoms with E-state index in [9.17, 15) is 17.6 Å². The molecule has 2 aromatic rings. The third kappa shape index (κ3) is 4.83. The van der Waals surface area contributed by atoms with Gasteiger partial charge in [-0.3, -0.25) is 0 Å². The quantitative estimate of drug-likeness (QED) is 0.782. The van der Waals surface area contributed by atoms with Gasteiger partial charge in [0.2, 0.25) is 10.0 Å². The highest BCUT2D eigenvalue weighted by molar-refractivity contribution is 7.89. The van der Waals surface area contributed by atoms with Gasteiger partial charge in [0.1, 0.15) is 5.82 Å². The Morgan fingerprint density at radius 1 is 0.839 bits per heavy atom. The van der Waals surface area contributed by atoms with Gasteiger partial charge in [0.25, 0.3) is 0 Å². The van der Waals surface area contributed by atoms with Gasteiger partial charge in [-0.15, -0.1) is 0 Å². The SMILES string of the molecule is O=C(Nc1ccc(S(=O)(=O)N2CCN(c3ccccc3F)CC2)cc1)N1CCCCC1. The molecule has 2 heterocycles. The molecule has 0 radical (unpaired) electrons. The van der Waals surface area contributed by atoms with Gasteiger partial charge in [-0.2, -0.15) is 4.31 Å². The van der Waals surface area contributed by atoms with Crippen LogP contribution in [0, 0.1) is 5.82 Å². The lowest BCUT2D eigenvalue weighted by Gasteiger charge is -2.35. The molecule has 0 aliphatic carbocycles. The van der Waals surface area contributed by atoms with Crippen LogP contribution in [-0.4, -0.2) is 62.9 Å². The smallest absolute Gasteiger partial charge is 0.321 e. The summed E-state index contributed by atoms with van der Waals surface area (Å²) in [5, 5.41) is 2.84. The first-order valence-electron chi connectivity index (χ1n) is 10.6. The van der Waals surface area contributed by atoms with Crippen LogP contribution >= 0.6 is 0 Å². The van der Waals surface area contributed by atoms with Crippen LogP contribution in [-0.2, 0) is 10.0 Å². The predicted molar refractivity (Wildman–Crippen MR) is 118 cm³/mol. The third-order valence-corrected chi connectivity index (χ3v) is 7.73. The number of piperidine rings is 1. The van der Waals surface area contributed by atoms with Gasteiger partial charge in [0, 0.05) is 45.0 Å². The van der Waals surface area contributed by atoms with Crippen LogP contribution in [0.2, 0.25) is 0 Å². The Morgan fingerprint density at radius 2 is 1.48 bits per heavy atom. The largest absolute Gasteiger partial charge is 0.367 e. The van der Waals surface area contributed by atoms with Crippen LogP contribution in [0.15, 0.2) is 53.4 Å². The van der Waals surface area contributed by atoms with E-state index in [1.54, 1.807) is 35.2 Å². The highest BCUT2D eigenvalue weighted by Gasteiger charge is 2.29. The fourth-order valence-corrected chi connectivity index (χ4v) is 5.46. The number of likely N-dealkylation sites (tertiary alicyclic amines) is 1. The molecule has 2 aliphatic rings. The summed E-state index contributed by atoms with van der Waals surface area (Å²) in [4.78, 5) is 16.2. The molecule has 0 aromatic heterocycles. The second kappa shape index (κ2) is 9.23. The molecule has 2 aromatic carbocycles. The van der Waals surface area contributed by atoms with E-state index >= 15 is 0 Å². The van der Waals surface area contributed by atoms with Crippen molar-refractivity contribution in [3.8, 4) is 0 Å². The number of amides is 2. The molecule has 2 saturated heterocycles. The summed E-state index contributed by atoms with van der Waals surface area (Å²) in [5.41, 5.74) is 1.06. The van der Waals surface area contributed by atoms with Gasteiger partial charge in [-0.1, -0.05) is 12.1 Å². The fourth-order valence-electron chi connectivity index (χ4n) is 4.04. The summed E-state index contributed by atoms with van der Waals surface area (Å²) in [6.07, 6.45) is 3.16. The molecule has 9 heteroatoms. The number of sulfonamides is 1. The van der Waals surface area contributed by atoms with E-state index < -0.39 is 10.0 Å². The summed E-state index contributed by atoms with van der Waals surface area (Å²) in [7, 11) is -3.65. The van der Waals surface area contributed by atoms with E-state index in [0.717, 1.165) is 32.4 Å². The summed E-state index contributed by atoms with van der Waals surface area (Å²) < 4.78 is 41.5. The van der Waals surface area contributed by atoms with Crippen molar-refractivity contribution in [1.82, 2.24) is 9.21 Å². The average molecular weight is 447 g/mol. The maximum absolute atomic E-state index is 14.0. The molecular weight excluding hydrogens is 419 g/mol. The second-order valence-corrected chi connectivity index (χ2v) is 9.78. The number of hydrogen-bond acceptors (Lipinski definition) is 4. The third-order valence-electron chi connectivity index (χ3n) is 5.82. The van der Waals surface area contributed by atoms with Crippen LogP contribution in [0.1, 0.15) is 19.3 Å².